The minimum Gasteiger partial charge on any atom is -0.341 e. The molecule has 3 fully saturated rings. The predicted octanol–water partition coefficient (Wildman–Crippen LogP) is 2.37. The Morgan fingerprint density at radius 2 is 1.85 bits per heavy atom. The third-order valence-electron chi connectivity index (χ3n) is 6.09. The van der Waals surface area contributed by atoms with Crippen molar-refractivity contribution in [2.45, 2.75) is 50.7 Å². The molecule has 4 rings (SSSR count). The summed E-state index contributed by atoms with van der Waals surface area (Å²) in [5, 5.41) is 3.61. The number of benzene rings is 1. The number of halogens is 1. The summed E-state index contributed by atoms with van der Waals surface area (Å²) in [7, 11) is 0. The minimum absolute atomic E-state index is 0. The zero-order valence-corrected chi connectivity index (χ0v) is 16.1. The second-order valence-corrected chi connectivity index (χ2v) is 7.74. The highest BCUT2D eigenvalue weighted by Crippen LogP contribution is 2.30. The SMILES string of the molecule is CC(c1ccccc1)N1CC(C(=O)N2CCC3CCC(C2)N3)CC1=O.Cl. The first kappa shape index (κ1) is 19.2. The summed E-state index contributed by atoms with van der Waals surface area (Å²) in [6.45, 7) is 4.22. The molecule has 4 atom stereocenters. The lowest BCUT2D eigenvalue weighted by atomic mass is 10.0. The van der Waals surface area contributed by atoms with Gasteiger partial charge in [0.2, 0.25) is 11.8 Å². The van der Waals surface area contributed by atoms with Gasteiger partial charge in [0.15, 0.2) is 0 Å². The van der Waals surface area contributed by atoms with Crippen molar-refractivity contribution in [1.29, 1.82) is 0 Å². The summed E-state index contributed by atoms with van der Waals surface area (Å²) in [5.74, 6) is 0.0879. The Morgan fingerprint density at radius 1 is 1.12 bits per heavy atom. The average Bonchev–Trinajstić information content (AvgIpc) is 3.17. The highest BCUT2D eigenvalue weighted by molar-refractivity contribution is 5.89. The van der Waals surface area contributed by atoms with Crippen LogP contribution in [0.2, 0.25) is 0 Å². The number of carbonyl (C=O) groups is 2. The summed E-state index contributed by atoms with van der Waals surface area (Å²) in [6, 6.07) is 11.1. The van der Waals surface area contributed by atoms with Crippen molar-refractivity contribution in [1.82, 2.24) is 15.1 Å². The lowest BCUT2D eigenvalue weighted by Gasteiger charge is -2.28. The molecule has 1 aromatic carbocycles. The first-order valence-electron chi connectivity index (χ1n) is 9.51. The standard InChI is InChI=1S/C20H27N3O2.ClH/c1-14(15-5-3-2-4-6-15)23-12-16(11-19(23)24)20(25)22-10-9-17-7-8-18(13-22)21-17;/h2-6,14,16-18,21H,7-13H2,1H3;1H. The predicted molar refractivity (Wildman–Crippen MR) is 103 cm³/mol. The number of hydrogen-bond donors (Lipinski definition) is 1. The smallest absolute Gasteiger partial charge is 0.228 e. The van der Waals surface area contributed by atoms with Gasteiger partial charge in [-0.15, -0.1) is 12.4 Å². The highest BCUT2D eigenvalue weighted by Gasteiger charge is 2.40. The maximum atomic E-state index is 13.0. The van der Waals surface area contributed by atoms with Crippen LogP contribution in [0.25, 0.3) is 0 Å². The number of rotatable bonds is 3. The lowest BCUT2D eigenvalue weighted by molar-refractivity contribution is -0.136. The molecule has 0 aliphatic carbocycles. The zero-order valence-electron chi connectivity index (χ0n) is 15.3. The molecular weight excluding hydrogens is 350 g/mol. The lowest BCUT2D eigenvalue weighted by Crippen LogP contribution is -2.42. The normalized spacial score (nSPS) is 29.3. The van der Waals surface area contributed by atoms with E-state index in [4.69, 9.17) is 0 Å². The molecule has 0 spiro atoms. The van der Waals surface area contributed by atoms with Gasteiger partial charge in [0.05, 0.1) is 12.0 Å². The van der Waals surface area contributed by atoms with Crippen LogP contribution in [0.3, 0.4) is 0 Å². The fourth-order valence-corrected chi connectivity index (χ4v) is 4.58. The van der Waals surface area contributed by atoms with E-state index in [9.17, 15) is 9.59 Å². The molecule has 6 heteroatoms. The molecule has 0 radical (unpaired) electrons. The van der Waals surface area contributed by atoms with E-state index in [1.165, 1.54) is 6.42 Å². The van der Waals surface area contributed by atoms with Crippen LogP contribution in [0.4, 0.5) is 0 Å². The molecule has 3 aliphatic heterocycles. The van der Waals surface area contributed by atoms with Gasteiger partial charge in [-0.2, -0.15) is 0 Å². The van der Waals surface area contributed by atoms with Crippen LogP contribution in [-0.4, -0.2) is 53.3 Å². The summed E-state index contributed by atoms with van der Waals surface area (Å²) in [4.78, 5) is 29.4. The van der Waals surface area contributed by atoms with E-state index in [-0.39, 0.29) is 36.2 Å². The Hall–Kier alpha value is -1.59. The molecule has 0 aromatic heterocycles. The quantitative estimate of drug-likeness (QED) is 0.879. The van der Waals surface area contributed by atoms with Crippen LogP contribution >= 0.6 is 12.4 Å². The summed E-state index contributed by atoms with van der Waals surface area (Å²) >= 11 is 0. The van der Waals surface area contributed by atoms with Crippen molar-refractivity contribution < 1.29 is 9.59 Å². The van der Waals surface area contributed by atoms with Gasteiger partial charge in [-0.1, -0.05) is 30.3 Å². The number of nitrogens with one attached hydrogen (secondary N) is 1. The molecule has 2 bridgehead atoms. The molecule has 1 N–H and O–H groups in total. The second-order valence-electron chi connectivity index (χ2n) is 7.74. The van der Waals surface area contributed by atoms with Gasteiger partial charge < -0.3 is 15.1 Å². The molecule has 3 heterocycles. The maximum absolute atomic E-state index is 13.0. The van der Waals surface area contributed by atoms with Crippen molar-refractivity contribution in [3.63, 3.8) is 0 Å². The largest absolute Gasteiger partial charge is 0.341 e. The van der Waals surface area contributed by atoms with Crippen LogP contribution < -0.4 is 5.32 Å². The van der Waals surface area contributed by atoms with Crippen LogP contribution in [0, 0.1) is 5.92 Å². The molecule has 3 saturated heterocycles. The number of amides is 2. The van der Waals surface area contributed by atoms with Gasteiger partial charge in [0, 0.05) is 38.1 Å². The fourth-order valence-electron chi connectivity index (χ4n) is 4.58. The Labute approximate surface area is 161 Å². The van der Waals surface area contributed by atoms with Crippen LogP contribution in [0.15, 0.2) is 30.3 Å². The molecular formula is C20H28ClN3O2. The Kier molecular flexibility index (Phi) is 5.88. The Morgan fingerprint density at radius 3 is 2.62 bits per heavy atom. The van der Waals surface area contributed by atoms with E-state index >= 15 is 0 Å². The van der Waals surface area contributed by atoms with Gasteiger partial charge in [0.25, 0.3) is 0 Å². The first-order valence-corrected chi connectivity index (χ1v) is 9.51. The van der Waals surface area contributed by atoms with Crippen molar-refractivity contribution in [3.05, 3.63) is 35.9 Å². The van der Waals surface area contributed by atoms with E-state index in [0.717, 1.165) is 31.5 Å². The van der Waals surface area contributed by atoms with E-state index < -0.39 is 0 Å². The van der Waals surface area contributed by atoms with Gasteiger partial charge in [-0.25, -0.2) is 0 Å². The number of likely N-dealkylation sites (tertiary alicyclic amines) is 2. The maximum Gasteiger partial charge on any atom is 0.228 e. The van der Waals surface area contributed by atoms with Crippen LogP contribution in [-0.2, 0) is 9.59 Å². The molecule has 3 aliphatic rings. The summed E-state index contributed by atoms with van der Waals surface area (Å²) < 4.78 is 0. The first-order chi connectivity index (χ1) is 12.1. The Balaban J connectivity index is 0.00000196. The monoisotopic (exact) mass is 377 g/mol. The van der Waals surface area contributed by atoms with E-state index in [2.05, 4.69) is 12.2 Å². The topological polar surface area (TPSA) is 52.7 Å². The molecule has 2 amide bonds. The number of carbonyl (C=O) groups excluding carboxylic acids is 2. The zero-order chi connectivity index (χ0) is 17.4. The number of fused-ring (bicyclic) bond motifs is 2. The third kappa shape index (κ3) is 3.74. The van der Waals surface area contributed by atoms with E-state index in [1.54, 1.807) is 0 Å². The van der Waals surface area contributed by atoms with Gasteiger partial charge in [-0.3, -0.25) is 9.59 Å². The second kappa shape index (κ2) is 7.97. The van der Waals surface area contributed by atoms with E-state index in [1.807, 2.05) is 40.1 Å². The van der Waals surface area contributed by atoms with Crippen molar-refractivity contribution in [2.24, 2.45) is 5.92 Å². The van der Waals surface area contributed by atoms with Gasteiger partial charge >= 0.3 is 0 Å². The summed E-state index contributed by atoms with van der Waals surface area (Å²) in [5.41, 5.74) is 1.13. The van der Waals surface area contributed by atoms with Gasteiger partial charge in [0.1, 0.15) is 0 Å². The average molecular weight is 378 g/mol. The highest BCUT2D eigenvalue weighted by atomic mass is 35.5. The van der Waals surface area contributed by atoms with Crippen molar-refractivity contribution in [3.8, 4) is 0 Å². The molecule has 0 saturated carbocycles. The third-order valence-corrected chi connectivity index (χ3v) is 6.09. The number of hydrogen-bond acceptors (Lipinski definition) is 3. The van der Waals surface area contributed by atoms with Crippen LogP contribution in [0.1, 0.15) is 44.2 Å². The molecule has 142 valence electrons. The van der Waals surface area contributed by atoms with Gasteiger partial charge in [-0.05, 0) is 31.7 Å². The number of nitrogens with zero attached hydrogens (tertiary/aromatic N) is 2. The molecule has 5 nitrogen and oxygen atoms in total. The van der Waals surface area contributed by atoms with Crippen molar-refractivity contribution >= 4 is 24.2 Å². The fraction of sp³-hybridized carbons (Fsp3) is 0.600. The summed E-state index contributed by atoms with van der Waals surface area (Å²) in [6.07, 6.45) is 3.78. The van der Waals surface area contributed by atoms with E-state index in [0.29, 0.717) is 25.0 Å². The Bertz CT molecular complexity index is 654. The molecule has 4 unspecified atom stereocenters. The molecule has 1 aromatic rings. The van der Waals surface area contributed by atoms with Crippen LogP contribution in [0.5, 0.6) is 0 Å². The van der Waals surface area contributed by atoms with Crippen molar-refractivity contribution in [2.75, 3.05) is 19.6 Å². The molecule has 26 heavy (non-hydrogen) atoms. The minimum atomic E-state index is -0.185.